The van der Waals surface area contributed by atoms with Crippen molar-refractivity contribution in [2.45, 2.75) is 198 Å². The Hall–Kier alpha value is -2.60. The van der Waals surface area contributed by atoms with Gasteiger partial charge in [0.2, 0.25) is 5.91 Å². The average molecular weight is 924 g/mol. The molecule has 2 aromatic rings. The number of rotatable bonds is 37. The van der Waals surface area contributed by atoms with E-state index in [0.717, 1.165) is 102 Å². The summed E-state index contributed by atoms with van der Waals surface area (Å²) >= 11 is 3.23. The van der Waals surface area contributed by atoms with E-state index in [-0.39, 0.29) is 28.2 Å². The van der Waals surface area contributed by atoms with Crippen LogP contribution in [0.1, 0.15) is 191 Å². The molecule has 0 aromatic heterocycles. The van der Waals surface area contributed by atoms with Crippen LogP contribution in [-0.4, -0.2) is 49.6 Å². The van der Waals surface area contributed by atoms with Gasteiger partial charge in [0.15, 0.2) is 0 Å². The summed E-state index contributed by atoms with van der Waals surface area (Å²) in [7, 11) is -4.76. The molecule has 0 aliphatic heterocycles. The fourth-order valence-electron chi connectivity index (χ4n) is 7.74. The first-order valence-corrected chi connectivity index (χ1v) is 25.3. The van der Waals surface area contributed by atoms with E-state index >= 15 is 0 Å². The second kappa shape index (κ2) is 33.0. The summed E-state index contributed by atoms with van der Waals surface area (Å²) < 4.78 is 16.3. The van der Waals surface area contributed by atoms with Gasteiger partial charge in [0.25, 0.3) is 5.69 Å². The molecule has 0 bridgehead atoms. The van der Waals surface area contributed by atoms with Gasteiger partial charge >= 0.3 is 7.82 Å². The van der Waals surface area contributed by atoms with Crippen molar-refractivity contribution in [3.63, 3.8) is 0 Å². The van der Waals surface area contributed by atoms with Crippen molar-refractivity contribution in [1.29, 1.82) is 0 Å². The van der Waals surface area contributed by atoms with E-state index in [9.17, 15) is 39.5 Å². The summed E-state index contributed by atoms with van der Waals surface area (Å²) in [4.78, 5) is 42.6. The number of amides is 1. The van der Waals surface area contributed by atoms with Gasteiger partial charge in [0, 0.05) is 18.1 Å². The molecule has 13 heteroatoms. The van der Waals surface area contributed by atoms with Gasteiger partial charge in [-0.15, -0.1) is 0 Å². The van der Waals surface area contributed by atoms with Crippen molar-refractivity contribution in [1.82, 2.24) is 5.32 Å². The van der Waals surface area contributed by atoms with Gasteiger partial charge in [-0.25, -0.2) is 4.57 Å². The van der Waals surface area contributed by atoms with Crippen LogP contribution < -0.4 is 5.32 Å². The highest BCUT2D eigenvalue weighted by Crippen LogP contribution is 2.39. The lowest BCUT2D eigenvalue weighted by molar-refractivity contribution is -0.385. The molecule has 0 spiro atoms. The zero-order chi connectivity index (χ0) is 43.9. The Labute approximate surface area is 369 Å². The number of phenolic OH excluding ortho intramolecular Hbond substituents is 1. The first-order valence-electron chi connectivity index (χ1n) is 23.0. The van der Waals surface area contributed by atoms with Crippen molar-refractivity contribution in [3.8, 4) is 5.75 Å². The molecule has 2 aromatic carbocycles. The number of benzene rings is 2. The number of phenols is 1. The van der Waals surface area contributed by atoms with Crippen molar-refractivity contribution in [2.75, 3.05) is 6.61 Å². The van der Waals surface area contributed by atoms with Crippen molar-refractivity contribution in [3.05, 3.63) is 80.3 Å². The van der Waals surface area contributed by atoms with Gasteiger partial charge in [-0.2, -0.15) is 0 Å². The normalized spacial score (nSPS) is 13.4. The average Bonchev–Trinajstić information content (AvgIpc) is 3.21. The number of hydrogen-bond donors (Lipinski definition) is 5. The summed E-state index contributed by atoms with van der Waals surface area (Å²) in [6.45, 7) is 1.75. The lowest BCUT2D eigenvalue weighted by Crippen LogP contribution is -2.45. The Morgan fingerprint density at radius 2 is 1.33 bits per heavy atom. The van der Waals surface area contributed by atoms with E-state index in [1.54, 1.807) is 12.1 Å². The number of aromatic hydroxyl groups is 1. The van der Waals surface area contributed by atoms with Gasteiger partial charge in [-0.3, -0.25) is 19.4 Å². The topological polar surface area (TPSA) is 179 Å². The van der Waals surface area contributed by atoms with Gasteiger partial charge in [-0.1, -0.05) is 184 Å². The third-order valence-corrected chi connectivity index (χ3v) is 12.4. The largest absolute Gasteiger partial charge is 0.507 e. The Bertz CT molecular complexity index is 1520. The maximum absolute atomic E-state index is 12.6. The molecular formula is C47H76BrN2O9P. The number of nitro benzene ring substituents is 1. The van der Waals surface area contributed by atoms with E-state index in [2.05, 4.69) is 32.7 Å². The lowest BCUT2D eigenvalue weighted by Gasteiger charge is -2.22. The highest BCUT2D eigenvalue weighted by Gasteiger charge is 2.26. The number of carbonyl (C=O) groups is 1. The van der Waals surface area contributed by atoms with Crippen LogP contribution in [0.4, 0.5) is 5.69 Å². The number of phosphoric acid groups is 1. The summed E-state index contributed by atoms with van der Waals surface area (Å²) in [5.74, 6) is -0.319. The molecule has 0 aliphatic rings. The molecule has 0 aliphatic carbocycles. The summed E-state index contributed by atoms with van der Waals surface area (Å²) in [5.41, 5.74) is 1.72. The number of allylic oxidation sites excluding steroid dienone is 1. The van der Waals surface area contributed by atoms with Crippen LogP contribution in [-0.2, 0) is 20.3 Å². The SMILES string of the molecule is CCCCCCCCCCCCCCCC(=O)N[C@@H](COP(=O)(O)O)[C@H](O)/C=C/CCCCCCCCCCCCC(Cc1ccccc1)c1cc(O)c(Br)cc1[N+](=O)[O-]. The van der Waals surface area contributed by atoms with Crippen molar-refractivity contribution >= 4 is 35.3 Å². The van der Waals surface area contributed by atoms with E-state index in [4.69, 9.17) is 0 Å². The minimum Gasteiger partial charge on any atom is -0.507 e. The van der Waals surface area contributed by atoms with Crippen LogP contribution in [0.15, 0.2) is 59.1 Å². The first-order chi connectivity index (χ1) is 28.9. The molecule has 0 radical (unpaired) electrons. The Morgan fingerprint density at radius 1 is 0.817 bits per heavy atom. The fraction of sp³-hybridized carbons (Fsp3) is 0.681. The summed E-state index contributed by atoms with van der Waals surface area (Å²) in [6.07, 6.45) is 31.4. The van der Waals surface area contributed by atoms with E-state index in [0.29, 0.717) is 22.9 Å². The van der Waals surface area contributed by atoms with Crippen LogP contribution in [0.3, 0.4) is 0 Å². The van der Waals surface area contributed by atoms with Gasteiger partial charge in [0.05, 0.1) is 28.1 Å². The van der Waals surface area contributed by atoms with Gasteiger partial charge in [0.1, 0.15) is 5.75 Å². The number of phosphoric ester groups is 1. The highest BCUT2D eigenvalue weighted by molar-refractivity contribution is 9.10. The lowest BCUT2D eigenvalue weighted by atomic mass is 9.86. The number of hydrogen-bond acceptors (Lipinski definition) is 7. The third kappa shape index (κ3) is 26.0. The second-order valence-corrected chi connectivity index (χ2v) is 18.6. The standard InChI is InChI=1S/C47H76BrN2O9P/c1-2-3-4-5-6-7-8-9-14-17-20-23-29-34-47(53)49-43(38-59-60(56,57)58)45(51)33-28-22-19-16-13-11-10-12-15-18-21-27-32-40(35-39-30-25-24-26-31-39)41-36-46(52)42(48)37-44(41)50(54)55/h24-26,28,30-31,33,36-37,40,43,45,51-52H,2-23,27,29,32,34-35,38H2,1H3,(H,49,53)(H2,56,57,58)/b33-28+/t40?,43-,45+/m0/s1. The number of nitro groups is 1. The zero-order valence-electron chi connectivity index (χ0n) is 36.3. The fourth-order valence-corrected chi connectivity index (χ4v) is 8.43. The van der Waals surface area contributed by atoms with Gasteiger partial charge < -0.3 is 25.3 Å². The Morgan fingerprint density at radius 3 is 1.87 bits per heavy atom. The molecule has 60 heavy (non-hydrogen) atoms. The van der Waals surface area contributed by atoms with Crippen LogP contribution in [0.2, 0.25) is 0 Å². The minimum absolute atomic E-state index is 0.0124. The monoisotopic (exact) mass is 922 g/mol. The predicted octanol–water partition coefficient (Wildman–Crippen LogP) is 13.1. The summed E-state index contributed by atoms with van der Waals surface area (Å²) in [5, 5.41) is 35.7. The molecule has 340 valence electrons. The van der Waals surface area contributed by atoms with Crippen molar-refractivity contribution < 1.29 is 38.8 Å². The Kier molecular flexibility index (Phi) is 29.5. The number of carbonyl (C=O) groups excluding carboxylic acids is 1. The van der Waals surface area contributed by atoms with E-state index in [1.807, 2.05) is 36.4 Å². The number of aliphatic hydroxyl groups is 1. The minimum atomic E-state index is -4.76. The smallest absolute Gasteiger partial charge is 0.469 e. The van der Waals surface area contributed by atoms with Crippen LogP contribution in [0.5, 0.6) is 5.75 Å². The van der Waals surface area contributed by atoms with Gasteiger partial charge in [-0.05, 0) is 65.6 Å². The molecule has 0 fully saturated rings. The zero-order valence-corrected chi connectivity index (χ0v) is 38.8. The van der Waals surface area contributed by atoms with E-state index in [1.165, 1.54) is 70.3 Å². The maximum atomic E-state index is 12.6. The maximum Gasteiger partial charge on any atom is 0.469 e. The molecule has 0 heterocycles. The molecule has 0 saturated carbocycles. The molecular weight excluding hydrogens is 847 g/mol. The number of aliphatic hydroxyl groups excluding tert-OH is 1. The highest BCUT2D eigenvalue weighted by atomic mass is 79.9. The van der Waals surface area contributed by atoms with Crippen LogP contribution >= 0.6 is 23.8 Å². The van der Waals surface area contributed by atoms with Crippen LogP contribution in [0, 0.1) is 10.1 Å². The number of halogens is 1. The second-order valence-electron chi connectivity index (χ2n) is 16.5. The molecule has 1 unspecified atom stereocenters. The van der Waals surface area contributed by atoms with Crippen LogP contribution in [0.25, 0.3) is 0 Å². The molecule has 3 atom stereocenters. The molecule has 2 rings (SSSR count). The third-order valence-electron chi connectivity index (χ3n) is 11.3. The Balaban J connectivity index is 1.60. The quantitative estimate of drug-likeness (QED) is 0.0145. The van der Waals surface area contributed by atoms with E-state index < -0.39 is 26.6 Å². The van der Waals surface area contributed by atoms with Crippen molar-refractivity contribution in [2.24, 2.45) is 0 Å². The molecule has 11 nitrogen and oxygen atoms in total. The molecule has 0 saturated heterocycles. The first kappa shape index (κ1) is 53.5. The molecule has 5 N–H and O–H groups in total. The number of nitrogens with one attached hydrogen (secondary N) is 1. The number of unbranched alkanes of at least 4 members (excludes halogenated alkanes) is 22. The predicted molar refractivity (Wildman–Crippen MR) is 246 cm³/mol. The molecule has 1 amide bonds. The summed E-state index contributed by atoms with van der Waals surface area (Å²) in [6, 6.07) is 12.0. The number of nitrogens with zero attached hydrogens (tertiary/aromatic N) is 1.